The summed E-state index contributed by atoms with van der Waals surface area (Å²) in [5.74, 6) is 0.840. The highest BCUT2D eigenvalue weighted by atomic mass is 79.9. The second-order valence-corrected chi connectivity index (χ2v) is 8.11. The molecule has 3 rings (SSSR count). The van der Waals surface area contributed by atoms with Gasteiger partial charge in [-0.2, -0.15) is 0 Å². The molecule has 2 heterocycles. The first-order chi connectivity index (χ1) is 14.4. The normalized spacial score (nSPS) is 19.9. The van der Waals surface area contributed by atoms with E-state index in [1.807, 2.05) is 16.7 Å². The molecule has 8 nitrogen and oxygen atoms in total. The van der Waals surface area contributed by atoms with Crippen molar-refractivity contribution in [2.24, 2.45) is 4.99 Å². The molecule has 0 bridgehead atoms. The summed E-state index contributed by atoms with van der Waals surface area (Å²) in [7, 11) is 1.68. The van der Waals surface area contributed by atoms with Gasteiger partial charge in [-0.05, 0) is 34.3 Å². The molecule has 0 spiro atoms. The highest BCUT2D eigenvalue weighted by Crippen LogP contribution is 2.27. The van der Waals surface area contributed by atoms with E-state index in [4.69, 9.17) is 4.98 Å². The van der Waals surface area contributed by atoms with Gasteiger partial charge < -0.3 is 10.4 Å². The van der Waals surface area contributed by atoms with Gasteiger partial charge in [-0.1, -0.05) is 31.6 Å². The predicted octanol–water partition coefficient (Wildman–Crippen LogP) is 3.37. The van der Waals surface area contributed by atoms with Crippen molar-refractivity contribution in [1.82, 2.24) is 14.4 Å². The summed E-state index contributed by atoms with van der Waals surface area (Å²) in [4.78, 5) is 27.3. The summed E-state index contributed by atoms with van der Waals surface area (Å²) in [6.45, 7) is 5.51. The van der Waals surface area contributed by atoms with E-state index < -0.39 is 6.10 Å². The number of imidazole rings is 1. The van der Waals surface area contributed by atoms with Crippen molar-refractivity contribution >= 4 is 45.3 Å². The second kappa shape index (κ2) is 9.99. The molecule has 30 heavy (non-hydrogen) atoms. The molecule has 160 valence electrons. The van der Waals surface area contributed by atoms with Crippen LogP contribution in [0.5, 0.6) is 0 Å². The molecule has 2 N–H and O–H groups in total. The minimum absolute atomic E-state index is 0.0759. The number of anilines is 2. The molecular formula is C21H27BrN6O2. The number of allylic oxidation sites excluding steroid dienone is 2. The number of carbonyl (C=O) groups excluding carboxylic acids is 1. The standard InChI is InChI=1S/C21H27BrN6O2/c1-4-7-15(10-23-3)12-27(14(2)29)21-20-24-11-18(22)28(20)13-19(26-21)25-16-8-5-6-9-17(16)30/h4,7,10-11,13,16-17,25,30H,1,5-6,8-9,12H2,2-3H3/b15-7+,23-10?. The summed E-state index contributed by atoms with van der Waals surface area (Å²) < 4.78 is 2.58. The zero-order chi connectivity index (χ0) is 21.7. The predicted molar refractivity (Wildman–Crippen MR) is 123 cm³/mol. The van der Waals surface area contributed by atoms with Crippen molar-refractivity contribution in [3.63, 3.8) is 0 Å². The van der Waals surface area contributed by atoms with Gasteiger partial charge in [0.2, 0.25) is 5.91 Å². The van der Waals surface area contributed by atoms with Crippen LogP contribution in [0.1, 0.15) is 32.6 Å². The maximum Gasteiger partial charge on any atom is 0.225 e. The van der Waals surface area contributed by atoms with Crippen molar-refractivity contribution in [3.8, 4) is 0 Å². The monoisotopic (exact) mass is 474 g/mol. The number of fused-ring (bicyclic) bond motifs is 1. The Kier molecular flexibility index (Phi) is 7.38. The number of halogens is 1. The first-order valence-electron chi connectivity index (χ1n) is 9.94. The Morgan fingerprint density at radius 1 is 1.50 bits per heavy atom. The van der Waals surface area contributed by atoms with Crippen LogP contribution in [0.15, 0.2) is 46.3 Å². The van der Waals surface area contributed by atoms with Gasteiger partial charge in [0.1, 0.15) is 10.4 Å². The van der Waals surface area contributed by atoms with E-state index in [-0.39, 0.29) is 18.5 Å². The van der Waals surface area contributed by atoms with Crippen LogP contribution in [-0.2, 0) is 4.79 Å². The third-order valence-electron chi connectivity index (χ3n) is 5.10. The summed E-state index contributed by atoms with van der Waals surface area (Å²) >= 11 is 3.51. The van der Waals surface area contributed by atoms with Gasteiger partial charge >= 0.3 is 0 Å². The van der Waals surface area contributed by atoms with Gasteiger partial charge in [0, 0.05) is 20.2 Å². The van der Waals surface area contributed by atoms with E-state index >= 15 is 0 Å². The fourth-order valence-corrected chi connectivity index (χ4v) is 4.01. The molecule has 2 atom stereocenters. The lowest BCUT2D eigenvalue weighted by Gasteiger charge is -2.29. The number of aromatic nitrogens is 3. The van der Waals surface area contributed by atoms with E-state index in [1.54, 1.807) is 30.4 Å². The SMILES string of the molecule is C=C/C=C(\C=NC)CN(C(C)=O)c1nc(NC2CCCCC2O)cn2c(Br)cnc12. The van der Waals surface area contributed by atoms with E-state index in [0.29, 0.717) is 17.3 Å². The van der Waals surface area contributed by atoms with Crippen LogP contribution in [0, 0.1) is 0 Å². The lowest BCUT2D eigenvalue weighted by atomic mass is 9.93. The Bertz CT molecular complexity index is 983. The van der Waals surface area contributed by atoms with Crippen LogP contribution in [0.4, 0.5) is 11.6 Å². The molecule has 9 heteroatoms. The minimum atomic E-state index is -0.419. The molecule has 1 fully saturated rings. The van der Waals surface area contributed by atoms with Crippen molar-refractivity contribution in [2.45, 2.75) is 44.8 Å². The molecular weight excluding hydrogens is 448 g/mol. The average Bonchev–Trinajstić information content (AvgIpc) is 3.08. The number of nitrogens with zero attached hydrogens (tertiary/aromatic N) is 5. The number of aliphatic hydroxyl groups is 1. The molecule has 0 aliphatic heterocycles. The van der Waals surface area contributed by atoms with Gasteiger partial charge in [-0.3, -0.25) is 19.1 Å². The van der Waals surface area contributed by atoms with Gasteiger partial charge in [0.05, 0.1) is 31.1 Å². The third kappa shape index (κ3) is 4.96. The Labute approximate surface area is 184 Å². The molecule has 1 saturated carbocycles. The maximum atomic E-state index is 12.6. The van der Waals surface area contributed by atoms with Gasteiger partial charge in [-0.15, -0.1) is 0 Å². The molecule has 0 aromatic carbocycles. The Hall–Kier alpha value is -2.52. The number of hydrogen-bond acceptors (Lipinski definition) is 6. The topological polar surface area (TPSA) is 95.1 Å². The quantitative estimate of drug-likeness (QED) is 0.473. The molecule has 1 aliphatic carbocycles. The van der Waals surface area contributed by atoms with E-state index in [1.165, 1.54) is 6.92 Å². The van der Waals surface area contributed by atoms with Crippen LogP contribution >= 0.6 is 15.9 Å². The molecule has 2 aromatic rings. The molecule has 1 amide bonds. The fourth-order valence-electron chi connectivity index (χ4n) is 3.64. The highest BCUT2D eigenvalue weighted by Gasteiger charge is 2.25. The summed E-state index contributed by atoms with van der Waals surface area (Å²) in [6, 6.07) is -0.0759. The van der Waals surface area contributed by atoms with Crippen LogP contribution in [0.2, 0.25) is 0 Å². The number of hydrogen-bond donors (Lipinski definition) is 2. The lowest BCUT2D eigenvalue weighted by Crippen LogP contribution is -2.37. The van der Waals surface area contributed by atoms with Gasteiger partial charge in [-0.25, -0.2) is 9.97 Å². The van der Waals surface area contributed by atoms with Crippen LogP contribution in [0.25, 0.3) is 5.65 Å². The average molecular weight is 475 g/mol. The molecule has 0 saturated heterocycles. The van der Waals surface area contributed by atoms with E-state index in [9.17, 15) is 9.90 Å². The number of carbonyl (C=O) groups is 1. The van der Waals surface area contributed by atoms with E-state index in [2.05, 4.69) is 37.8 Å². The number of rotatable bonds is 7. The fraction of sp³-hybridized carbons (Fsp3) is 0.429. The van der Waals surface area contributed by atoms with Crippen LogP contribution in [-0.4, -0.2) is 57.3 Å². The number of amides is 1. The van der Waals surface area contributed by atoms with Crippen LogP contribution < -0.4 is 10.2 Å². The Balaban J connectivity index is 2.04. The van der Waals surface area contributed by atoms with Crippen molar-refractivity contribution in [3.05, 3.63) is 41.3 Å². The first-order valence-corrected chi connectivity index (χ1v) is 10.7. The largest absolute Gasteiger partial charge is 0.391 e. The van der Waals surface area contributed by atoms with Crippen molar-refractivity contribution in [1.29, 1.82) is 0 Å². The Morgan fingerprint density at radius 2 is 2.27 bits per heavy atom. The number of aliphatic hydroxyl groups excluding tert-OH is 1. The minimum Gasteiger partial charge on any atom is -0.391 e. The number of nitrogens with one attached hydrogen (secondary N) is 1. The smallest absolute Gasteiger partial charge is 0.225 e. The van der Waals surface area contributed by atoms with Gasteiger partial charge in [0.15, 0.2) is 11.5 Å². The molecule has 0 radical (unpaired) electrons. The van der Waals surface area contributed by atoms with Crippen LogP contribution in [0.3, 0.4) is 0 Å². The van der Waals surface area contributed by atoms with Crippen molar-refractivity contribution < 1.29 is 9.90 Å². The summed E-state index contributed by atoms with van der Waals surface area (Å²) in [5.41, 5.74) is 1.37. The zero-order valence-electron chi connectivity index (χ0n) is 17.3. The Morgan fingerprint density at radius 3 is 2.93 bits per heavy atom. The van der Waals surface area contributed by atoms with E-state index in [0.717, 1.165) is 35.9 Å². The zero-order valence-corrected chi connectivity index (χ0v) is 18.8. The number of aliphatic imine (C=N–C) groups is 1. The molecule has 1 aliphatic rings. The first kappa shape index (κ1) is 22.2. The van der Waals surface area contributed by atoms with Crippen molar-refractivity contribution in [2.75, 3.05) is 23.8 Å². The summed E-state index contributed by atoms with van der Waals surface area (Å²) in [5, 5.41) is 13.7. The molecule has 2 aromatic heterocycles. The molecule has 2 unspecified atom stereocenters. The maximum absolute atomic E-state index is 12.6. The van der Waals surface area contributed by atoms with Gasteiger partial charge in [0.25, 0.3) is 0 Å². The lowest BCUT2D eigenvalue weighted by molar-refractivity contribution is -0.116. The third-order valence-corrected chi connectivity index (χ3v) is 5.68. The highest BCUT2D eigenvalue weighted by molar-refractivity contribution is 9.10. The summed E-state index contributed by atoms with van der Waals surface area (Å²) in [6.07, 6.45) is 12.0. The second-order valence-electron chi connectivity index (χ2n) is 7.30.